The number of aliphatic hydroxyl groups is 1. The molecule has 0 fully saturated rings. The maximum absolute atomic E-state index is 13.0. The highest BCUT2D eigenvalue weighted by Gasteiger charge is 2.31. The van der Waals surface area contributed by atoms with Crippen molar-refractivity contribution in [2.45, 2.75) is 45.8 Å². The van der Waals surface area contributed by atoms with Crippen LogP contribution in [-0.2, 0) is 19.1 Å². The number of aromatic nitrogens is 2. The summed E-state index contributed by atoms with van der Waals surface area (Å²) in [5, 5.41) is 14.4. The van der Waals surface area contributed by atoms with Gasteiger partial charge >= 0.3 is 0 Å². The zero-order valence-corrected chi connectivity index (χ0v) is 22.1. The first-order chi connectivity index (χ1) is 17.1. The number of aromatic amines is 1. The Balaban J connectivity index is 1.73. The molecule has 4 heterocycles. The number of thiophene rings is 1. The van der Waals surface area contributed by atoms with E-state index in [0.717, 1.165) is 34.0 Å². The summed E-state index contributed by atoms with van der Waals surface area (Å²) in [6.45, 7) is 9.00. The number of carbonyl (C=O) groups is 1. The molecule has 1 aliphatic rings. The molecule has 0 saturated heterocycles. The van der Waals surface area contributed by atoms with Crippen LogP contribution in [-0.4, -0.2) is 33.7 Å². The van der Waals surface area contributed by atoms with E-state index in [1.807, 2.05) is 13.1 Å². The van der Waals surface area contributed by atoms with E-state index < -0.39 is 5.60 Å². The van der Waals surface area contributed by atoms with Crippen LogP contribution in [0.25, 0.3) is 21.3 Å². The van der Waals surface area contributed by atoms with Crippen LogP contribution in [0.1, 0.15) is 60.2 Å². The molecule has 1 aliphatic heterocycles. The van der Waals surface area contributed by atoms with Crippen molar-refractivity contribution in [3.63, 3.8) is 0 Å². The molecular formula is C28H32N4O3S. The van der Waals surface area contributed by atoms with E-state index in [1.165, 1.54) is 22.5 Å². The molecule has 0 bridgehead atoms. The van der Waals surface area contributed by atoms with Crippen LogP contribution in [0.5, 0.6) is 0 Å². The quantitative estimate of drug-likeness (QED) is 0.368. The van der Waals surface area contributed by atoms with Crippen LogP contribution in [0.3, 0.4) is 0 Å². The molecular weight excluding hydrogens is 472 g/mol. The zero-order valence-electron chi connectivity index (χ0n) is 21.3. The number of hydrogen-bond acceptors (Lipinski definition) is 5. The van der Waals surface area contributed by atoms with E-state index in [0.29, 0.717) is 23.1 Å². The van der Waals surface area contributed by atoms with E-state index in [1.54, 1.807) is 31.5 Å². The standard InChI is InChI=1S/C28H32N4O3S/c1-6-29-26(33)21-13-19-20(15-31(5)27(34)24(19)30-21)25-22(14-23(36-25)28(3,4)35)32-12-11-17-9-7-8-10-18(17)16(32)2/h7-10,13-16,30,35H,6,11-12H2,1-5H3,(H,29,33). The molecule has 3 N–H and O–H groups in total. The Morgan fingerprint density at radius 2 is 2.03 bits per heavy atom. The highest BCUT2D eigenvalue weighted by Crippen LogP contribution is 2.47. The summed E-state index contributed by atoms with van der Waals surface area (Å²) < 4.78 is 1.55. The number of hydrogen-bond donors (Lipinski definition) is 3. The molecule has 0 spiro atoms. The van der Waals surface area contributed by atoms with Gasteiger partial charge < -0.3 is 24.9 Å². The van der Waals surface area contributed by atoms with E-state index in [-0.39, 0.29) is 17.5 Å². The second kappa shape index (κ2) is 8.94. The molecule has 4 aromatic rings. The second-order valence-electron chi connectivity index (χ2n) is 9.99. The van der Waals surface area contributed by atoms with E-state index in [2.05, 4.69) is 52.5 Å². The first kappa shape index (κ1) is 24.3. The lowest BCUT2D eigenvalue weighted by atomic mass is 9.92. The van der Waals surface area contributed by atoms with Crippen LogP contribution in [0.2, 0.25) is 0 Å². The molecule has 1 amide bonds. The van der Waals surface area contributed by atoms with Gasteiger partial charge in [0.25, 0.3) is 11.5 Å². The first-order valence-corrected chi connectivity index (χ1v) is 13.1. The molecule has 8 heteroatoms. The molecule has 36 heavy (non-hydrogen) atoms. The Hall–Kier alpha value is -3.36. The smallest absolute Gasteiger partial charge is 0.274 e. The number of amides is 1. The SMILES string of the molecule is CCNC(=O)c1cc2c(-c3sc(C(C)(C)O)cc3N3CCc4ccccc4C3C)cn(C)c(=O)c2[nH]1. The lowest BCUT2D eigenvalue weighted by molar-refractivity contribution is 0.0825. The van der Waals surface area contributed by atoms with Gasteiger partial charge in [-0.15, -0.1) is 11.3 Å². The Bertz CT molecular complexity index is 1520. The molecule has 1 aromatic carbocycles. The van der Waals surface area contributed by atoms with Crippen molar-refractivity contribution in [3.05, 3.63) is 74.6 Å². The third kappa shape index (κ3) is 4.04. The van der Waals surface area contributed by atoms with Crippen molar-refractivity contribution in [3.8, 4) is 10.4 Å². The fourth-order valence-electron chi connectivity index (χ4n) is 5.08. The highest BCUT2D eigenvalue weighted by atomic mass is 32.1. The number of rotatable bonds is 5. The molecule has 0 saturated carbocycles. The minimum Gasteiger partial charge on any atom is -0.385 e. The summed E-state index contributed by atoms with van der Waals surface area (Å²) in [7, 11) is 1.72. The molecule has 0 radical (unpaired) electrons. The molecule has 188 valence electrons. The minimum atomic E-state index is -1.02. The van der Waals surface area contributed by atoms with Crippen molar-refractivity contribution in [2.75, 3.05) is 18.0 Å². The van der Waals surface area contributed by atoms with E-state index >= 15 is 0 Å². The van der Waals surface area contributed by atoms with Crippen LogP contribution in [0.15, 0.2) is 47.4 Å². The maximum Gasteiger partial charge on any atom is 0.274 e. The van der Waals surface area contributed by atoms with Gasteiger partial charge in [-0.3, -0.25) is 9.59 Å². The van der Waals surface area contributed by atoms with Gasteiger partial charge in [0.15, 0.2) is 0 Å². The second-order valence-corrected chi connectivity index (χ2v) is 11.0. The number of aryl methyl sites for hydroxylation is 1. The maximum atomic E-state index is 13.0. The summed E-state index contributed by atoms with van der Waals surface area (Å²) in [4.78, 5) is 32.8. The monoisotopic (exact) mass is 504 g/mol. The summed E-state index contributed by atoms with van der Waals surface area (Å²) in [5.41, 5.74) is 4.11. The molecule has 7 nitrogen and oxygen atoms in total. The van der Waals surface area contributed by atoms with Crippen molar-refractivity contribution in [1.82, 2.24) is 14.9 Å². The van der Waals surface area contributed by atoms with Crippen LogP contribution in [0, 0.1) is 0 Å². The fourth-order valence-corrected chi connectivity index (χ4v) is 6.28. The molecule has 1 unspecified atom stereocenters. The fraction of sp³-hybridized carbons (Fsp3) is 0.357. The number of pyridine rings is 1. The number of H-pyrrole nitrogens is 1. The average molecular weight is 505 g/mol. The predicted molar refractivity (Wildman–Crippen MR) is 146 cm³/mol. The number of fused-ring (bicyclic) bond motifs is 2. The highest BCUT2D eigenvalue weighted by molar-refractivity contribution is 7.16. The lowest BCUT2D eigenvalue weighted by Crippen LogP contribution is -2.34. The van der Waals surface area contributed by atoms with Gasteiger partial charge in [0.2, 0.25) is 0 Å². The average Bonchev–Trinajstić information content (AvgIpc) is 3.48. The number of anilines is 1. The topological polar surface area (TPSA) is 90.4 Å². The minimum absolute atomic E-state index is 0.151. The molecule has 5 rings (SSSR count). The Morgan fingerprint density at radius 1 is 1.28 bits per heavy atom. The number of nitrogens with one attached hydrogen (secondary N) is 2. The summed E-state index contributed by atoms with van der Waals surface area (Å²) in [6.07, 6.45) is 2.77. The van der Waals surface area contributed by atoms with E-state index in [4.69, 9.17) is 0 Å². The van der Waals surface area contributed by atoms with Crippen LogP contribution < -0.4 is 15.8 Å². The largest absolute Gasteiger partial charge is 0.385 e. The van der Waals surface area contributed by atoms with Crippen molar-refractivity contribution in [2.24, 2.45) is 7.05 Å². The summed E-state index contributed by atoms with van der Waals surface area (Å²) in [5.74, 6) is -0.244. The van der Waals surface area contributed by atoms with Crippen LogP contribution >= 0.6 is 11.3 Å². The Kier molecular flexibility index (Phi) is 6.04. The van der Waals surface area contributed by atoms with Crippen molar-refractivity contribution >= 4 is 33.8 Å². The summed E-state index contributed by atoms with van der Waals surface area (Å²) in [6, 6.07) is 12.5. The van der Waals surface area contributed by atoms with E-state index in [9.17, 15) is 14.7 Å². The third-order valence-corrected chi connectivity index (χ3v) is 8.48. The number of carbonyl (C=O) groups excluding carboxylic acids is 1. The van der Waals surface area contributed by atoms with Gasteiger partial charge in [-0.1, -0.05) is 24.3 Å². The lowest BCUT2D eigenvalue weighted by Gasteiger charge is -2.37. The summed E-state index contributed by atoms with van der Waals surface area (Å²) >= 11 is 1.53. The third-order valence-electron chi connectivity index (χ3n) is 7.01. The van der Waals surface area contributed by atoms with Gasteiger partial charge in [-0.25, -0.2) is 0 Å². The van der Waals surface area contributed by atoms with Gasteiger partial charge in [-0.05, 0) is 57.4 Å². The number of nitrogens with zero attached hydrogens (tertiary/aromatic N) is 2. The zero-order chi connectivity index (χ0) is 25.8. The Morgan fingerprint density at radius 3 is 2.75 bits per heavy atom. The van der Waals surface area contributed by atoms with Gasteiger partial charge in [-0.2, -0.15) is 0 Å². The first-order valence-electron chi connectivity index (χ1n) is 12.3. The number of benzene rings is 1. The van der Waals surface area contributed by atoms with Gasteiger partial charge in [0.05, 0.1) is 22.2 Å². The van der Waals surface area contributed by atoms with Gasteiger partial charge in [0, 0.05) is 42.2 Å². The Labute approximate surface area is 214 Å². The molecule has 0 aliphatic carbocycles. The molecule has 3 aromatic heterocycles. The van der Waals surface area contributed by atoms with Crippen molar-refractivity contribution < 1.29 is 9.90 Å². The normalized spacial score (nSPS) is 15.8. The molecule has 1 atom stereocenters. The predicted octanol–water partition coefficient (Wildman–Crippen LogP) is 4.70. The van der Waals surface area contributed by atoms with Crippen LogP contribution in [0.4, 0.5) is 5.69 Å². The van der Waals surface area contributed by atoms with Crippen molar-refractivity contribution in [1.29, 1.82) is 0 Å². The van der Waals surface area contributed by atoms with Gasteiger partial charge in [0.1, 0.15) is 11.2 Å².